The lowest BCUT2D eigenvalue weighted by Gasteiger charge is -2.23. The number of aromatic nitrogens is 2. The summed E-state index contributed by atoms with van der Waals surface area (Å²) in [5.41, 5.74) is 8.43. The Bertz CT molecular complexity index is 662. The van der Waals surface area contributed by atoms with Crippen LogP contribution in [0.3, 0.4) is 0 Å². The fourth-order valence-corrected chi connectivity index (χ4v) is 3.34. The van der Waals surface area contributed by atoms with E-state index < -0.39 is 0 Å². The molecule has 1 aromatic heterocycles. The number of aliphatic imine (C=N–C) groups is 1. The maximum absolute atomic E-state index is 6.02. The second-order valence-corrected chi connectivity index (χ2v) is 6.56. The van der Waals surface area contributed by atoms with E-state index in [1.54, 1.807) is 6.20 Å². The quantitative estimate of drug-likeness (QED) is 0.596. The molecule has 0 radical (unpaired) electrons. The van der Waals surface area contributed by atoms with Crippen molar-refractivity contribution in [1.29, 1.82) is 0 Å². The Morgan fingerprint density at radius 3 is 2.84 bits per heavy atom. The minimum atomic E-state index is 0.533. The Balaban J connectivity index is 1.46. The van der Waals surface area contributed by atoms with Gasteiger partial charge in [0, 0.05) is 31.5 Å². The van der Waals surface area contributed by atoms with Crippen LogP contribution in [0.25, 0.3) is 0 Å². The highest BCUT2D eigenvalue weighted by Gasteiger charge is 2.22. The van der Waals surface area contributed by atoms with Gasteiger partial charge in [0.15, 0.2) is 5.96 Å². The van der Waals surface area contributed by atoms with E-state index in [9.17, 15) is 0 Å². The third-order valence-corrected chi connectivity index (χ3v) is 4.80. The van der Waals surface area contributed by atoms with Crippen LogP contribution in [-0.4, -0.2) is 46.1 Å². The minimum Gasteiger partial charge on any atom is -0.370 e. The zero-order valence-corrected chi connectivity index (χ0v) is 14.9. The van der Waals surface area contributed by atoms with Gasteiger partial charge in [0.1, 0.15) is 0 Å². The average molecular weight is 340 g/mol. The lowest BCUT2D eigenvalue weighted by atomic mass is 10.1. The van der Waals surface area contributed by atoms with E-state index in [0.29, 0.717) is 18.5 Å². The molecule has 1 unspecified atom stereocenters. The Kier molecular flexibility index (Phi) is 6.06. The number of hydrogen-bond donors (Lipinski definition) is 2. The number of rotatable bonds is 7. The van der Waals surface area contributed by atoms with Crippen molar-refractivity contribution in [3.05, 3.63) is 54.1 Å². The molecule has 0 aliphatic carbocycles. The summed E-state index contributed by atoms with van der Waals surface area (Å²) in [6.07, 6.45) is 8.11. The number of nitrogens with two attached hydrogens (primary N) is 1. The summed E-state index contributed by atoms with van der Waals surface area (Å²) in [7, 11) is 0. The molecule has 2 aromatic rings. The smallest absolute Gasteiger partial charge is 0.188 e. The van der Waals surface area contributed by atoms with Crippen LogP contribution in [0.5, 0.6) is 0 Å². The van der Waals surface area contributed by atoms with Crippen molar-refractivity contribution >= 4 is 5.96 Å². The monoisotopic (exact) mass is 340 g/mol. The summed E-state index contributed by atoms with van der Waals surface area (Å²) >= 11 is 0. The number of guanidine groups is 1. The number of nitrogens with zero attached hydrogens (tertiary/aromatic N) is 4. The second kappa shape index (κ2) is 8.67. The van der Waals surface area contributed by atoms with Crippen LogP contribution in [0.15, 0.2) is 48.0 Å². The Hall–Kier alpha value is -2.34. The standard InChI is InChI=1S/C19H28N6/c1-2-25-10-3-4-18(25)13-23-19(20)22-12-16-5-7-17(8-6-16)14-24-11-9-21-15-24/h5-9,11,15,18H,2-4,10,12-14H2,1H3,(H3,20,22,23). The first kappa shape index (κ1) is 17.5. The van der Waals surface area contributed by atoms with Gasteiger partial charge in [0.25, 0.3) is 0 Å². The highest BCUT2D eigenvalue weighted by Crippen LogP contribution is 2.15. The van der Waals surface area contributed by atoms with Gasteiger partial charge in [-0.15, -0.1) is 0 Å². The molecule has 1 aliphatic rings. The summed E-state index contributed by atoms with van der Waals surface area (Å²) < 4.78 is 2.05. The Morgan fingerprint density at radius 1 is 1.32 bits per heavy atom. The first-order valence-electron chi connectivity index (χ1n) is 9.06. The first-order valence-corrected chi connectivity index (χ1v) is 9.06. The lowest BCUT2D eigenvalue weighted by molar-refractivity contribution is 0.267. The molecule has 1 atom stereocenters. The van der Waals surface area contributed by atoms with Crippen molar-refractivity contribution in [3.8, 4) is 0 Å². The van der Waals surface area contributed by atoms with Crippen LogP contribution < -0.4 is 11.1 Å². The van der Waals surface area contributed by atoms with Gasteiger partial charge >= 0.3 is 0 Å². The van der Waals surface area contributed by atoms with E-state index >= 15 is 0 Å². The van der Waals surface area contributed by atoms with Gasteiger partial charge in [-0.05, 0) is 37.1 Å². The molecule has 0 spiro atoms. The zero-order chi connectivity index (χ0) is 17.5. The van der Waals surface area contributed by atoms with Gasteiger partial charge in [-0.1, -0.05) is 31.2 Å². The summed E-state index contributed by atoms with van der Waals surface area (Å²) in [4.78, 5) is 11.0. The number of imidazole rings is 1. The number of nitrogens with one attached hydrogen (secondary N) is 1. The van der Waals surface area contributed by atoms with Crippen LogP contribution in [0, 0.1) is 0 Å². The van der Waals surface area contributed by atoms with Crippen molar-refractivity contribution in [1.82, 2.24) is 19.8 Å². The number of likely N-dealkylation sites (N-methyl/N-ethyl adjacent to an activating group) is 1. The highest BCUT2D eigenvalue weighted by molar-refractivity contribution is 5.77. The number of hydrogen-bond acceptors (Lipinski definition) is 3. The van der Waals surface area contributed by atoms with Crippen molar-refractivity contribution in [3.63, 3.8) is 0 Å². The van der Waals surface area contributed by atoms with Crippen LogP contribution in [-0.2, 0) is 13.1 Å². The zero-order valence-electron chi connectivity index (χ0n) is 14.9. The maximum atomic E-state index is 6.02. The minimum absolute atomic E-state index is 0.533. The van der Waals surface area contributed by atoms with Gasteiger partial charge in [0.05, 0.1) is 12.9 Å². The molecule has 1 fully saturated rings. The molecule has 0 saturated carbocycles. The predicted molar refractivity (Wildman–Crippen MR) is 101 cm³/mol. The molecule has 6 nitrogen and oxygen atoms in total. The molecule has 3 rings (SSSR count). The van der Waals surface area contributed by atoms with Gasteiger partial charge in [-0.3, -0.25) is 4.90 Å². The maximum Gasteiger partial charge on any atom is 0.188 e. The van der Waals surface area contributed by atoms with E-state index in [-0.39, 0.29) is 0 Å². The molecular formula is C19H28N6. The van der Waals surface area contributed by atoms with Crippen molar-refractivity contribution in [2.75, 3.05) is 19.6 Å². The number of benzene rings is 1. The van der Waals surface area contributed by atoms with Gasteiger partial charge in [-0.25, -0.2) is 9.98 Å². The van der Waals surface area contributed by atoms with Crippen molar-refractivity contribution in [2.24, 2.45) is 10.7 Å². The molecule has 3 N–H and O–H groups in total. The lowest BCUT2D eigenvalue weighted by Crippen LogP contribution is -2.42. The summed E-state index contributed by atoms with van der Waals surface area (Å²) in [6, 6.07) is 9.07. The molecule has 0 bridgehead atoms. The molecule has 1 aromatic carbocycles. The highest BCUT2D eigenvalue weighted by atomic mass is 15.2. The molecule has 1 saturated heterocycles. The summed E-state index contributed by atoms with van der Waals surface area (Å²) in [6.45, 7) is 6.84. The van der Waals surface area contributed by atoms with E-state index in [0.717, 1.165) is 25.2 Å². The molecule has 25 heavy (non-hydrogen) atoms. The molecule has 1 aliphatic heterocycles. The molecule has 134 valence electrons. The third-order valence-electron chi connectivity index (χ3n) is 4.80. The normalized spacial score (nSPS) is 18.6. The molecule has 0 amide bonds. The van der Waals surface area contributed by atoms with Crippen molar-refractivity contribution < 1.29 is 0 Å². The first-order chi connectivity index (χ1) is 12.2. The Morgan fingerprint density at radius 2 is 2.12 bits per heavy atom. The average Bonchev–Trinajstić information content (AvgIpc) is 3.30. The fraction of sp³-hybridized carbons (Fsp3) is 0.474. The summed E-state index contributed by atoms with van der Waals surface area (Å²) in [5, 5.41) is 3.28. The van der Waals surface area contributed by atoms with Gasteiger partial charge < -0.3 is 15.6 Å². The van der Waals surface area contributed by atoms with Crippen molar-refractivity contribution in [2.45, 2.75) is 38.9 Å². The largest absolute Gasteiger partial charge is 0.370 e. The van der Waals surface area contributed by atoms with E-state index in [1.165, 1.54) is 24.9 Å². The second-order valence-electron chi connectivity index (χ2n) is 6.56. The molecule has 6 heteroatoms. The molecular weight excluding hydrogens is 312 g/mol. The van der Waals surface area contributed by atoms with E-state index in [4.69, 9.17) is 5.73 Å². The number of likely N-dealkylation sites (tertiary alicyclic amines) is 1. The van der Waals surface area contributed by atoms with Gasteiger partial charge in [-0.2, -0.15) is 0 Å². The SMILES string of the molecule is CCN1CCCC1CNC(N)=NCc1ccc(Cn2ccnc2)cc1. The predicted octanol–water partition coefficient (Wildman–Crippen LogP) is 1.82. The topological polar surface area (TPSA) is 71.5 Å². The van der Waals surface area contributed by atoms with E-state index in [1.807, 2.05) is 12.5 Å². The molecule has 2 heterocycles. The van der Waals surface area contributed by atoms with Crippen LogP contribution in [0.1, 0.15) is 30.9 Å². The van der Waals surface area contributed by atoms with Crippen LogP contribution in [0.2, 0.25) is 0 Å². The summed E-state index contributed by atoms with van der Waals surface area (Å²) in [5.74, 6) is 0.533. The van der Waals surface area contributed by atoms with Crippen LogP contribution >= 0.6 is 0 Å². The van der Waals surface area contributed by atoms with Gasteiger partial charge in [0.2, 0.25) is 0 Å². The van der Waals surface area contributed by atoms with Crippen LogP contribution in [0.4, 0.5) is 0 Å². The Labute approximate surface area is 149 Å². The fourth-order valence-electron chi connectivity index (χ4n) is 3.34. The van der Waals surface area contributed by atoms with E-state index in [2.05, 4.69) is 55.9 Å². The third kappa shape index (κ3) is 5.06.